The molecule has 3 nitrogen and oxygen atoms in total. The average Bonchev–Trinajstić information content (AvgIpc) is 2.41. The van der Waals surface area contributed by atoms with Gasteiger partial charge in [-0.05, 0) is 31.2 Å². The molecule has 0 heterocycles. The molecular formula is C15H17N3. The van der Waals surface area contributed by atoms with E-state index in [-0.39, 0.29) is 0 Å². The van der Waals surface area contributed by atoms with Crippen molar-refractivity contribution in [3.05, 3.63) is 60.2 Å². The Bertz CT molecular complexity index is 515. The van der Waals surface area contributed by atoms with Crippen LogP contribution in [0.25, 0.3) is 0 Å². The summed E-state index contributed by atoms with van der Waals surface area (Å²) in [6.45, 7) is 2.07. The van der Waals surface area contributed by atoms with Gasteiger partial charge >= 0.3 is 0 Å². The Morgan fingerprint density at radius 1 is 0.833 bits per heavy atom. The molecule has 0 amide bonds. The van der Waals surface area contributed by atoms with Crippen molar-refractivity contribution < 1.29 is 0 Å². The minimum Gasteiger partial charge on any atom is -0.326 e. The highest BCUT2D eigenvalue weighted by Crippen LogP contribution is 2.10. The zero-order valence-electron chi connectivity index (χ0n) is 10.6. The lowest BCUT2D eigenvalue weighted by Crippen LogP contribution is -2.21. The van der Waals surface area contributed by atoms with Gasteiger partial charge in [0.05, 0.1) is 0 Å². The summed E-state index contributed by atoms with van der Waals surface area (Å²) < 4.78 is 0. The van der Waals surface area contributed by atoms with Gasteiger partial charge in [0.2, 0.25) is 0 Å². The van der Waals surface area contributed by atoms with Gasteiger partial charge < -0.3 is 10.6 Å². The Balaban J connectivity index is 2.04. The fourth-order valence-electron chi connectivity index (χ4n) is 1.57. The normalized spacial score (nSPS) is 11.1. The molecule has 0 saturated heterocycles. The van der Waals surface area contributed by atoms with Crippen LogP contribution in [-0.2, 0) is 0 Å². The Hall–Kier alpha value is -2.29. The van der Waals surface area contributed by atoms with E-state index in [9.17, 15) is 0 Å². The van der Waals surface area contributed by atoms with Crippen LogP contribution >= 0.6 is 0 Å². The molecule has 2 rings (SSSR count). The first-order valence-corrected chi connectivity index (χ1v) is 5.90. The van der Waals surface area contributed by atoms with Gasteiger partial charge in [-0.15, -0.1) is 0 Å². The van der Waals surface area contributed by atoms with E-state index in [1.54, 1.807) is 7.05 Å². The maximum Gasteiger partial charge on any atom is 0.200 e. The van der Waals surface area contributed by atoms with Crippen molar-refractivity contribution >= 4 is 17.3 Å². The summed E-state index contributed by atoms with van der Waals surface area (Å²) in [5.41, 5.74) is 3.27. The van der Waals surface area contributed by atoms with Crippen molar-refractivity contribution in [1.82, 2.24) is 0 Å². The van der Waals surface area contributed by atoms with E-state index in [1.807, 2.05) is 42.5 Å². The molecule has 0 fully saturated rings. The van der Waals surface area contributed by atoms with Crippen molar-refractivity contribution in [2.45, 2.75) is 6.92 Å². The van der Waals surface area contributed by atoms with Gasteiger partial charge in [0.1, 0.15) is 0 Å². The molecule has 0 saturated carbocycles. The first-order valence-electron chi connectivity index (χ1n) is 5.90. The maximum atomic E-state index is 4.20. The number of hydrogen-bond donors (Lipinski definition) is 2. The number of benzene rings is 2. The minimum absolute atomic E-state index is 0.727. The van der Waals surface area contributed by atoms with E-state index in [4.69, 9.17) is 0 Å². The number of para-hydroxylation sites is 1. The summed E-state index contributed by atoms with van der Waals surface area (Å²) in [6, 6.07) is 18.2. The largest absolute Gasteiger partial charge is 0.326 e. The number of nitrogens with one attached hydrogen (secondary N) is 2. The lowest BCUT2D eigenvalue weighted by molar-refractivity contribution is 1.39. The SMILES string of the molecule is CN=C(Nc1ccccc1)Nc1ccc(C)cc1. The first kappa shape index (κ1) is 12.2. The van der Waals surface area contributed by atoms with Crippen molar-refractivity contribution in [2.24, 2.45) is 4.99 Å². The summed E-state index contributed by atoms with van der Waals surface area (Å²) in [5.74, 6) is 0.727. The molecule has 2 aromatic rings. The van der Waals surface area contributed by atoms with Crippen molar-refractivity contribution in [2.75, 3.05) is 17.7 Å². The maximum absolute atomic E-state index is 4.20. The topological polar surface area (TPSA) is 36.4 Å². The quantitative estimate of drug-likeness (QED) is 0.621. The summed E-state index contributed by atoms with van der Waals surface area (Å²) in [6.07, 6.45) is 0. The number of guanidine groups is 1. The van der Waals surface area contributed by atoms with Crippen molar-refractivity contribution in [3.63, 3.8) is 0 Å². The predicted octanol–water partition coefficient (Wildman–Crippen LogP) is 3.50. The summed E-state index contributed by atoms with van der Waals surface area (Å²) in [7, 11) is 1.76. The molecule has 0 radical (unpaired) electrons. The first-order chi connectivity index (χ1) is 8.78. The van der Waals surface area contributed by atoms with Gasteiger partial charge in [-0.25, -0.2) is 0 Å². The number of aryl methyl sites for hydroxylation is 1. The van der Waals surface area contributed by atoms with Gasteiger partial charge in [-0.3, -0.25) is 4.99 Å². The Labute approximate surface area is 108 Å². The molecule has 3 heteroatoms. The monoisotopic (exact) mass is 239 g/mol. The summed E-state index contributed by atoms with van der Waals surface area (Å²) >= 11 is 0. The molecule has 0 bridgehead atoms. The highest BCUT2D eigenvalue weighted by molar-refractivity contribution is 6.03. The van der Waals surface area contributed by atoms with E-state index in [2.05, 4.69) is 34.7 Å². The lowest BCUT2D eigenvalue weighted by Gasteiger charge is -2.11. The van der Waals surface area contributed by atoms with E-state index in [1.165, 1.54) is 5.56 Å². The number of aliphatic imine (C=N–C) groups is 1. The second-order valence-corrected chi connectivity index (χ2v) is 4.05. The van der Waals surface area contributed by atoms with E-state index >= 15 is 0 Å². The molecular weight excluding hydrogens is 222 g/mol. The zero-order valence-corrected chi connectivity index (χ0v) is 10.6. The molecule has 0 spiro atoms. The molecule has 18 heavy (non-hydrogen) atoms. The van der Waals surface area contributed by atoms with Crippen LogP contribution in [0.4, 0.5) is 11.4 Å². The van der Waals surface area contributed by atoms with Gasteiger partial charge in [-0.2, -0.15) is 0 Å². The number of nitrogens with zero attached hydrogens (tertiary/aromatic N) is 1. The van der Waals surface area contributed by atoms with E-state index in [0.717, 1.165) is 17.3 Å². The third-order valence-electron chi connectivity index (χ3n) is 2.57. The highest BCUT2D eigenvalue weighted by Gasteiger charge is 1.99. The predicted molar refractivity (Wildman–Crippen MR) is 78.2 cm³/mol. The van der Waals surface area contributed by atoms with Crippen LogP contribution < -0.4 is 10.6 Å². The molecule has 0 aliphatic heterocycles. The molecule has 0 unspecified atom stereocenters. The molecule has 0 aromatic heterocycles. The Morgan fingerprint density at radius 3 is 1.94 bits per heavy atom. The van der Waals surface area contributed by atoms with Gasteiger partial charge in [-0.1, -0.05) is 35.9 Å². The minimum atomic E-state index is 0.727. The molecule has 2 N–H and O–H groups in total. The lowest BCUT2D eigenvalue weighted by atomic mass is 10.2. The molecule has 2 aromatic carbocycles. The smallest absolute Gasteiger partial charge is 0.200 e. The highest BCUT2D eigenvalue weighted by atomic mass is 15.2. The van der Waals surface area contributed by atoms with Crippen LogP contribution in [0.15, 0.2) is 59.6 Å². The molecule has 0 atom stereocenters. The van der Waals surface area contributed by atoms with Crippen LogP contribution in [-0.4, -0.2) is 13.0 Å². The van der Waals surface area contributed by atoms with Crippen LogP contribution in [0.1, 0.15) is 5.56 Å². The fourth-order valence-corrected chi connectivity index (χ4v) is 1.57. The zero-order chi connectivity index (χ0) is 12.8. The van der Waals surface area contributed by atoms with Crippen molar-refractivity contribution in [1.29, 1.82) is 0 Å². The third-order valence-corrected chi connectivity index (χ3v) is 2.57. The van der Waals surface area contributed by atoms with E-state index < -0.39 is 0 Å². The third kappa shape index (κ3) is 3.35. The molecule has 92 valence electrons. The van der Waals surface area contributed by atoms with E-state index in [0.29, 0.717) is 0 Å². The second kappa shape index (κ2) is 5.87. The van der Waals surface area contributed by atoms with Crippen LogP contribution in [0.3, 0.4) is 0 Å². The van der Waals surface area contributed by atoms with Gasteiger partial charge in [0.25, 0.3) is 0 Å². The summed E-state index contributed by atoms with van der Waals surface area (Å²) in [4.78, 5) is 4.20. The van der Waals surface area contributed by atoms with Gasteiger partial charge in [0.15, 0.2) is 5.96 Å². The molecule has 0 aliphatic carbocycles. The summed E-state index contributed by atoms with van der Waals surface area (Å²) in [5, 5.41) is 6.47. The van der Waals surface area contributed by atoms with Crippen LogP contribution in [0.5, 0.6) is 0 Å². The number of anilines is 2. The molecule has 0 aliphatic rings. The number of hydrogen-bond acceptors (Lipinski definition) is 1. The fraction of sp³-hybridized carbons (Fsp3) is 0.133. The van der Waals surface area contributed by atoms with Crippen LogP contribution in [0, 0.1) is 6.92 Å². The Kier molecular flexibility index (Phi) is 3.97. The Morgan fingerprint density at radius 2 is 1.39 bits per heavy atom. The number of rotatable bonds is 2. The van der Waals surface area contributed by atoms with Gasteiger partial charge in [0, 0.05) is 18.4 Å². The average molecular weight is 239 g/mol. The van der Waals surface area contributed by atoms with Crippen molar-refractivity contribution in [3.8, 4) is 0 Å². The standard InChI is InChI=1S/C15H17N3/c1-12-8-10-14(11-9-12)18-15(16-2)17-13-6-4-3-5-7-13/h3-11H,1-2H3,(H2,16,17,18). The van der Waals surface area contributed by atoms with Crippen LogP contribution in [0.2, 0.25) is 0 Å². The second-order valence-electron chi connectivity index (χ2n) is 4.05.